The Hall–Kier alpha value is -1.42. The summed E-state index contributed by atoms with van der Waals surface area (Å²) in [6.45, 7) is 3.09. The molecule has 0 unspecified atom stereocenters. The molecular weight excluding hydrogens is 264 g/mol. The van der Waals surface area contributed by atoms with E-state index in [-0.39, 0.29) is 5.91 Å². The van der Waals surface area contributed by atoms with E-state index in [2.05, 4.69) is 5.32 Å². The quantitative estimate of drug-likeness (QED) is 0.872. The van der Waals surface area contributed by atoms with Crippen LogP contribution in [0.1, 0.15) is 19.8 Å². The van der Waals surface area contributed by atoms with Crippen molar-refractivity contribution in [2.24, 2.45) is 0 Å². The highest BCUT2D eigenvalue weighted by Gasteiger charge is 2.30. The van der Waals surface area contributed by atoms with Gasteiger partial charge in [-0.25, -0.2) is 0 Å². The Morgan fingerprint density at radius 3 is 2.84 bits per heavy atom. The van der Waals surface area contributed by atoms with Crippen molar-refractivity contribution in [3.8, 4) is 5.75 Å². The summed E-state index contributed by atoms with van der Waals surface area (Å²) in [5.74, 6) is 0.743. The Labute approximate surface area is 118 Å². The van der Waals surface area contributed by atoms with Crippen LogP contribution in [0.2, 0.25) is 5.02 Å². The molecule has 0 saturated heterocycles. The Balaban J connectivity index is 1.92. The lowest BCUT2D eigenvalue weighted by molar-refractivity contribution is -0.129. The highest BCUT2D eigenvalue weighted by atomic mass is 35.5. The van der Waals surface area contributed by atoms with Gasteiger partial charge in [0.2, 0.25) is 5.91 Å². The van der Waals surface area contributed by atoms with Crippen LogP contribution in [-0.4, -0.2) is 37.0 Å². The van der Waals surface area contributed by atoms with Gasteiger partial charge in [-0.05, 0) is 31.9 Å². The van der Waals surface area contributed by atoms with E-state index in [4.69, 9.17) is 16.3 Å². The zero-order valence-corrected chi connectivity index (χ0v) is 12.0. The van der Waals surface area contributed by atoms with E-state index >= 15 is 0 Å². The second kappa shape index (κ2) is 6.15. The van der Waals surface area contributed by atoms with Gasteiger partial charge in [0.1, 0.15) is 5.75 Å². The molecule has 2 rings (SSSR count). The Bertz CT molecular complexity index is 461. The predicted molar refractivity (Wildman–Crippen MR) is 76.9 cm³/mol. The maximum absolute atomic E-state index is 12.1. The average Bonchev–Trinajstić information content (AvgIpc) is 3.23. The second-order valence-electron chi connectivity index (χ2n) is 4.61. The summed E-state index contributed by atoms with van der Waals surface area (Å²) in [5, 5.41) is 3.68. The molecule has 0 radical (unpaired) electrons. The lowest BCUT2D eigenvalue weighted by Crippen LogP contribution is -2.37. The zero-order valence-electron chi connectivity index (χ0n) is 11.3. The first-order valence-electron chi connectivity index (χ1n) is 6.52. The molecule has 1 aliphatic rings. The van der Waals surface area contributed by atoms with Crippen LogP contribution < -0.4 is 10.1 Å². The molecule has 1 saturated carbocycles. The molecule has 19 heavy (non-hydrogen) atoms. The molecule has 0 aliphatic heterocycles. The van der Waals surface area contributed by atoms with Crippen molar-refractivity contribution in [1.82, 2.24) is 4.90 Å². The normalized spacial score (nSPS) is 14.1. The number of amides is 1. The van der Waals surface area contributed by atoms with Crippen LogP contribution >= 0.6 is 11.6 Å². The van der Waals surface area contributed by atoms with Gasteiger partial charge in [0, 0.05) is 24.3 Å². The van der Waals surface area contributed by atoms with E-state index in [0.717, 1.165) is 25.1 Å². The minimum absolute atomic E-state index is 0.138. The topological polar surface area (TPSA) is 41.6 Å². The molecule has 1 N–H and O–H groups in total. The minimum atomic E-state index is 0.138. The van der Waals surface area contributed by atoms with Gasteiger partial charge in [0.25, 0.3) is 0 Å². The number of anilines is 1. The molecule has 1 aliphatic carbocycles. The Kier molecular flexibility index (Phi) is 4.53. The summed E-state index contributed by atoms with van der Waals surface area (Å²) in [4.78, 5) is 14.0. The number of ether oxygens (including phenoxy) is 1. The lowest BCUT2D eigenvalue weighted by atomic mass is 10.3. The molecule has 1 amide bonds. The molecule has 0 atom stereocenters. The first-order valence-corrected chi connectivity index (χ1v) is 6.90. The van der Waals surface area contributed by atoms with Crippen LogP contribution in [0.3, 0.4) is 0 Å². The molecule has 1 fully saturated rings. The van der Waals surface area contributed by atoms with Crippen molar-refractivity contribution >= 4 is 23.2 Å². The fourth-order valence-electron chi connectivity index (χ4n) is 2.07. The van der Waals surface area contributed by atoms with Crippen molar-refractivity contribution in [3.05, 3.63) is 23.2 Å². The molecule has 0 spiro atoms. The van der Waals surface area contributed by atoms with Crippen molar-refractivity contribution in [3.63, 3.8) is 0 Å². The molecule has 5 heteroatoms. The van der Waals surface area contributed by atoms with E-state index < -0.39 is 0 Å². The standard InChI is InChI=1S/C14H19ClN2O2/c1-3-17(11-5-6-11)14(18)9-16-10-4-7-12(15)13(8-10)19-2/h4,7-8,11,16H,3,5-6,9H2,1-2H3. The third-order valence-corrected chi connectivity index (χ3v) is 3.56. The van der Waals surface area contributed by atoms with Crippen LogP contribution in [0, 0.1) is 0 Å². The number of likely N-dealkylation sites (N-methyl/N-ethyl adjacent to an activating group) is 1. The third-order valence-electron chi connectivity index (χ3n) is 3.24. The van der Waals surface area contributed by atoms with Crippen LogP contribution in [0.5, 0.6) is 5.75 Å². The molecule has 1 aromatic rings. The number of hydrogen-bond acceptors (Lipinski definition) is 3. The average molecular weight is 283 g/mol. The van der Waals surface area contributed by atoms with E-state index in [1.807, 2.05) is 17.9 Å². The fraction of sp³-hybridized carbons (Fsp3) is 0.500. The van der Waals surface area contributed by atoms with Crippen LogP contribution in [0.15, 0.2) is 18.2 Å². The number of benzene rings is 1. The van der Waals surface area contributed by atoms with Crippen molar-refractivity contribution in [2.45, 2.75) is 25.8 Å². The number of carbonyl (C=O) groups excluding carboxylic acids is 1. The summed E-state index contributed by atoms with van der Waals surface area (Å²) in [6, 6.07) is 5.85. The molecule has 0 aromatic heterocycles. The minimum Gasteiger partial charge on any atom is -0.495 e. The molecule has 0 bridgehead atoms. The lowest BCUT2D eigenvalue weighted by Gasteiger charge is -2.20. The number of nitrogens with zero attached hydrogens (tertiary/aromatic N) is 1. The first-order chi connectivity index (χ1) is 9.15. The predicted octanol–water partition coefficient (Wildman–Crippen LogP) is 2.77. The third kappa shape index (κ3) is 3.53. The highest BCUT2D eigenvalue weighted by molar-refractivity contribution is 6.32. The number of carbonyl (C=O) groups is 1. The van der Waals surface area contributed by atoms with E-state index in [0.29, 0.717) is 23.4 Å². The largest absolute Gasteiger partial charge is 0.495 e. The van der Waals surface area contributed by atoms with Gasteiger partial charge < -0.3 is 15.0 Å². The molecule has 1 aromatic carbocycles. The highest BCUT2D eigenvalue weighted by Crippen LogP contribution is 2.28. The zero-order chi connectivity index (χ0) is 13.8. The summed E-state index contributed by atoms with van der Waals surface area (Å²) >= 11 is 5.95. The molecule has 0 heterocycles. The van der Waals surface area contributed by atoms with E-state index in [9.17, 15) is 4.79 Å². The van der Waals surface area contributed by atoms with Gasteiger partial charge in [-0.2, -0.15) is 0 Å². The van der Waals surface area contributed by atoms with Gasteiger partial charge >= 0.3 is 0 Å². The smallest absolute Gasteiger partial charge is 0.242 e. The molecular formula is C14H19ClN2O2. The summed E-state index contributed by atoms with van der Waals surface area (Å²) in [6.07, 6.45) is 2.27. The Morgan fingerprint density at radius 2 is 2.26 bits per heavy atom. The van der Waals surface area contributed by atoms with Gasteiger partial charge in [0.05, 0.1) is 18.7 Å². The van der Waals surface area contributed by atoms with Crippen molar-refractivity contribution < 1.29 is 9.53 Å². The van der Waals surface area contributed by atoms with Crippen LogP contribution in [0.25, 0.3) is 0 Å². The molecule has 4 nitrogen and oxygen atoms in total. The Morgan fingerprint density at radius 1 is 1.53 bits per heavy atom. The van der Waals surface area contributed by atoms with Gasteiger partial charge in [-0.1, -0.05) is 11.6 Å². The van der Waals surface area contributed by atoms with E-state index in [1.165, 1.54) is 0 Å². The number of rotatable bonds is 6. The summed E-state index contributed by atoms with van der Waals surface area (Å²) in [5.41, 5.74) is 0.835. The number of methoxy groups -OCH3 is 1. The molecule has 104 valence electrons. The monoisotopic (exact) mass is 282 g/mol. The number of hydrogen-bond donors (Lipinski definition) is 1. The maximum atomic E-state index is 12.1. The van der Waals surface area contributed by atoms with Gasteiger partial charge in [-0.15, -0.1) is 0 Å². The number of nitrogens with one attached hydrogen (secondary N) is 1. The SMILES string of the molecule is CCN(C(=O)CNc1ccc(Cl)c(OC)c1)C1CC1. The van der Waals surface area contributed by atoms with Crippen molar-refractivity contribution in [1.29, 1.82) is 0 Å². The van der Waals surface area contributed by atoms with Crippen LogP contribution in [-0.2, 0) is 4.79 Å². The van der Waals surface area contributed by atoms with E-state index in [1.54, 1.807) is 19.2 Å². The van der Waals surface area contributed by atoms with Gasteiger partial charge in [0.15, 0.2) is 0 Å². The van der Waals surface area contributed by atoms with Crippen molar-refractivity contribution in [2.75, 3.05) is 25.5 Å². The summed E-state index contributed by atoms with van der Waals surface area (Å²) in [7, 11) is 1.57. The van der Waals surface area contributed by atoms with Gasteiger partial charge in [-0.3, -0.25) is 4.79 Å². The first kappa shape index (κ1) is 14.0. The fourth-order valence-corrected chi connectivity index (χ4v) is 2.27. The van der Waals surface area contributed by atoms with Crippen LogP contribution in [0.4, 0.5) is 5.69 Å². The number of halogens is 1. The maximum Gasteiger partial charge on any atom is 0.242 e. The second-order valence-corrected chi connectivity index (χ2v) is 5.02. The summed E-state index contributed by atoms with van der Waals surface area (Å²) < 4.78 is 5.14.